The van der Waals surface area contributed by atoms with Crippen molar-refractivity contribution in [3.05, 3.63) is 71.8 Å². The van der Waals surface area contributed by atoms with Crippen molar-refractivity contribution in [3.63, 3.8) is 0 Å². The smallest absolute Gasteiger partial charge is 0.328 e. The summed E-state index contributed by atoms with van der Waals surface area (Å²) in [5.74, 6) is -1.60. The number of amides is 3. The van der Waals surface area contributed by atoms with Crippen molar-refractivity contribution in [2.24, 2.45) is 0 Å². The Bertz CT molecular complexity index is 996. The lowest BCUT2D eigenvalue weighted by molar-refractivity contribution is -0.145. The van der Waals surface area contributed by atoms with E-state index in [1.54, 1.807) is 0 Å². The maximum Gasteiger partial charge on any atom is 0.328 e. The van der Waals surface area contributed by atoms with Gasteiger partial charge in [0.2, 0.25) is 17.7 Å². The number of hydrogen-bond acceptors (Lipinski definition) is 5. The SMILES string of the molecule is COC(=O)[C@H](Cc1ccccc1)NC(=O)[C@H](Cc1ccccc1)NC(=O)[C@@H]1CCCN1C(C)=O. The highest BCUT2D eigenvalue weighted by Crippen LogP contribution is 2.18. The number of carbonyl (C=O) groups is 4. The lowest BCUT2D eigenvalue weighted by atomic mass is 10.0. The fourth-order valence-electron chi connectivity index (χ4n) is 4.20. The monoisotopic (exact) mass is 465 g/mol. The van der Waals surface area contributed by atoms with Gasteiger partial charge in [0.05, 0.1) is 7.11 Å². The molecule has 2 aromatic carbocycles. The van der Waals surface area contributed by atoms with Crippen molar-refractivity contribution < 1.29 is 23.9 Å². The third-order valence-electron chi connectivity index (χ3n) is 5.96. The topological polar surface area (TPSA) is 105 Å². The van der Waals surface area contributed by atoms with E-state index in [1.807, 2.05) is 60.7 Å². The minimum Gasteiger partial charge on any atom is -0.467 e. The van der Waals surface area contributed by atoms with Gasteiger partial charge in [0.1, 0.15) is 18.1 Å². The molecule has 0 aromatic heterocycles. The fraction of sp³-hybridized carbons (Fsp3) is 0.385. The molecule has 0 bridgehead atoms. The van der Waals surface area contributed by atoms with E-state index in [1.165, 1.54) is 18.9 Å². The Morgan fingerprint density at radius 3 is 2.00 bits per heavy atom. The predicted octanol–water partition coefficient (Wildman–Crippen LogP) is 1.63. The fourth-order valence-corrected chi connectivity index (χ4v) is 4.20. The first-order valence-corrected chi connectivity index (χ1v) is 11.4. The summed E-state index contributed by atoms with van der Waals surface area (Å²) >= 11 is 0. The lowest BCUT2D eigenvalue weighted by Gasteiger charge is -2.26. The number of nitrogens with zero attached hydrogens (tertiary/aromatic N) is 1. The van der Waals surface area contributed by atoms with Gasteiger partial charge in [0.15, 0.2) is 0 Å². The Hall–Kier alpha value is -3.68. The average Bonchev–Trinajstić information content (AvgIpc) is 3.34. The lowest BCUT2D eigenvalue weighted by Crippen LogP contribution is -2.56. The van der Waals surface area contributed by atoms with Crippen LogP contribution in [0.2, 0.25) is 0 Å². The van der Waals surface area contributed by atoms with Crippen molar-refractivity contribution in [1.82, 2.24) is 15.5 Å². The van der Waals surface area contributed by atoms with E-state index >= 15 is 0 Å². The van der Waals surface area contributed by atoms with E-state index in [0.29, 0.717) is 13.0 Å². The third-order valence-corrected chi connectivity index (χ3v) is 5.96. The van der Waals surface area contributed by atoms with Crippen LogP contribution in [0.5, 0.6) is 0 Å². The molecule has 2 N–H and O–H groups in total. The number of methoxy groups -OCH3 is 1. The number of esters is 1. The number of carbonyl (C=O) groups excluding carboxylic acids is 4. The van der Waals surface area contributed by atoms with Crippen LogP contribution in [0.15, 0.2) is 60.7 Å². The quantitative estimate of drug-likeness (QED) is 0.548. The maximum atomic E-state index is 13.3. The molecule has 8 nitrogen and oxygen atoms in total. The summed E-state index contributed by atoms with van der Waals surface area (Å²) in [5.41, 5.74) is 1.72. The van der Waals surface area contributed by atoms with Crippen LogP contribution in [-0.2, 0) is 36.8 Å². The molecule has 1 aliphatic heterocycles. The number of ether oxygens (including phenoxy) is 1. The third kappa shape index (κ3) is 6.66. The van der Waals surface area contributed by atoms with Crippen molar-refractivity contribution in [2.45, 2.75) is 50.7 Å². The molecule has 2 aromatic rings. The standard InChI is InChI=1S/C26H31N3O5/c1-18(30)29-15-9-14-23(29)25(32)27-21(16-19-10-5-3-6-11-19)24(31)28-22(26(33)34-2)17-20-12-7-4-8-13-20/h3-8,10-13,21-23H,9,14-17H2,1-2H3,(H,27,32)(H,28,31)/t21-,22-,23-/m0/s1. The summed E-state index contributed by atoms with van der Waals surface area (Å²) in [6.45, 7) is 1.95. The molecular weight excluding hydrogens is 434 g/mol. The van der Waals surface area contributed by atoms with E-state index in [2.05, 4.69) is 10.6 Å². The molecule has 0 spiro atoms. The molecule has 3 amide bonds. The zero-order valence-electron chi connectivity index (χ0n) is 19.5. The van der Waals surface area contributed by atoms with E-state index < -0.39 is 30.0 Å². The van der Waals surface area contributed by atoms with Crippen molar-refractivity contribution in [3.8, 4) is 0 Å². The minimum absolute atomic E-state index is 0.171. The van der Waals surface area contributed by atoms with Gasteiger partial charge in [-0.2, -0.15) is 0 Å². The first-order valence-electron chi connectivity index (χ1n) is 11.4. The Labute approximate surface area is 199 Å². The molecule has 0 unspecified atom stereocenters. The molecule has 3 atom stereocenters. The van der Waals surface area contributed by atoms with E-state index in [0.717, 1.165) is 17.5 Å². The van der Waals surface area contributed by atoms with Crippen LogP contribution < -0.4 is 10.6 Å². The molecule has 1 aliphatic rings. The van der Waals surface area contributed by atoms with E-state index in [9.17, 15) is 19.2 Å². The number of hydrogen-bond donors (Lipinski definition) is 2. The van der Waals surface area contributed by atoms with Crippen molar-refractivity contribution in [2.75, 3.05) is 13.7 Å². The van der Waals surface area contributed by atoms with Crippen LogP contribution in [0.3, 0.4) is 0 Å². The highest BCUT2D eigenvalue weighted by molar-refractivity contribution is 5.93. The van der Waals surface area contributed by atoms with Gasteiger partial charge in [0, 0.05) is 26.3 Å². The predicted molar refractivity (Wildman–Crippen MR) is 127 cm³/mol. The van der Waals surface area contributed by atoms with Crippen LogP contribution in [0.25, 0.3) is 0 Å². The Morgan fingerprint density at radius 1 is 0.912 bits per heavy atom. The van der Waals surface area contributed by atoms with Crippen LogP contribution in [0.1, 0.15) is 30.9 Å². The molecule has 3 rings (SSSR count). The van der Waals surface area contributed by atoms with Gasteiger partial charge in [-0.1, -0.05) is 60.7 Å². The summed E-state index contributed by atoms with van der Waals surface area (Å²) in [6.07, 6.45) is 1.77. The van der Waals surface area contributed by atoms with E-state index in [4.69, 9.17) is 4.74 Å². The zero-order chi connectivity index (χ0) is 24.5. The average molecular weight is 466 g/mol. The van der Waals surface area contributed by atoms with Crippen molar-refractivity contribution in [1.29, 1.82) is 0 Å². The molecule has 34 heavy (non-hydrogen) atoms. The first kappa shape index (κ1) is 25.0. The van der Waals surface area contributed by atoms with Crippen LogP contribution in [-0.4, -0.2) is 60.4 Å². The van der Waals surface area contributed by atoms with Crippen molar-refractivity contribution >= 4 is 23.7 Å². The molecule has 0 saturated carbocycles. The Kier molecular flexibility index (Phi) is 8.79. The molecule has 1 heterocycles. The number of rotatable bonds is 9. The highest BCUT2D eigenvalue weighted by atomic mass is 16.5. The Morgan fingerprint density at radius 2 is 1.47 bits per heavy atom. The van der Waals surface area contributed by atoms with Gasteiger partial charge < -0.3 is 20.3 Å². The summed E-state index contributed by atoms with van der Waals surface area (Å²) < 4.78 is 4.90. The molecular formula is C26H31N3O5. The largest absolute Gasteiger partial charge is 0.467 e. The molecule has 1 saturated heterocycles. The normalized spacial score (nSPS) is 16.9. The van der Waals surface area contributed by atoms with Crippen LogP contribution in [0.4, 0.5) is 0 Å². The number of nitrogens with one attached hydrogen (secondary N) is 2. The summed E-state index contributed by atoms with van der Waals surface area (Å²) in [6, 6.07) is 16.2. The second-order valence-corrected chi connectivity index (χ2v) is 8.40. The summed E-state index contributed by atoms with van der Waals surface area (Å²) in [5, 5.41) is 5.58. The maximum absolute atomic E-state index is 13.3. The molecule has 8 heteroatoms. The molecule has 1 fully saturated rings. The minimum atomic E-state index is -0.924. The molecule has 180 valence electrons. The second-order valence-electron chi connectivity index (χ2n) is 8.40. The van der Waals surface area contributed by atoms with Crippen LogP contribution >= 0.6 is 0 Å². The first-order chi connectivity index (χ1) is 16.4. The molecule has 0 aliphatic carbocycles. The highest BCUT2D eigenvalue weighted by Gasteiger charge is 2.35. The molecule has 0 radical (unpaired) electrons. The van der Waals surface area contributed by atoms with Gasteiger partial charge in [-0.05, 0) is 24.0 Å². The van der Waals surface area contributed by atoms with Gasteiger partial charge >= 0.3 is 5.97 Å². The zero-order valence-corrected chi connectivity index (χ0v) is 19.5. The van der Waals surface area contributed by atoms with Gasteiger partial charge in [0.25, 0.3) is 0 Å². The van der Waals surface area contributed by atoms with Gasteiger partial charge in [-0.15, -0.1) is 0 Å². The summed E-state index contributed by atoms with van der Waals surface area (Å²) in [4.78, 5) is 52.2. The number of benzene rings is 2. The Balaban J connectivity index is 1.78. The summed E-state index contributed by atoms with van der Waals surface area (Å²) in [7, 11) is 1.27. The van der Waals surface area contributed by atoms with Gasteiger partial charge in [-0.25, -0.2) is 4.79 Å². The second kappa shape index (κ2) is 12.0. The number of likely N-dealkylation sites (tertiary alicyclic amines) is 1. The van der Waals surface area contributed by atoms with Gasteiger partial charge in [-0.3, -0.25) is 14.4 Å². The van der Waals surface area contributed by atoms with Crippen LogP contribution in [0, 0.1) is 0 Å². The van der Waals surface area contributed by atoms with E-state index in [-0.39, 0.29) is 24.7 Å².